The zero-order chi connectivity index (χ0) is 11.5. The van der Waals surface area contributed by atoms with Crippen molar-refractivity contribution in [3.63, 3.8) is 0 Å². The molecule has 1 aromatic rings. The second-order valence-electron chi connectivity index (χ2n) is 4.89. The highest BCUT2D eigenvalue weighted by Crippen LogP contribution is 2.22. The minimum absolute atomic E-state index is 0.361. The van der Waals surface area contributed by atoms with Crippen LogP contribution in [0.15, 0.2) is 12.1 Å². The molecular weight excluding hydrogens is 216 g/mol. The Balaban J connectivity index is 1.90. The first-order valence-electron chi connectivity index (χ1n) is 6.24. The van der Waals surface area contributed by atoms with Gasteiger partial charge in [0, 0.05) is 28.9 Å². The van der Waals surface area contributed by atoms with Gasteiger partial charge in [0.05, 0.1) is 0 Å². The smallest absolute Gasteiger partial charge is 0.0328 e. The normalized spacial score (nSPS) is 27.2. The Labute approximate surface area is 102 Å². The highest BCUT2D eigenvalue weighted by Gasteiger charge is 2.23. The summed E-state index contributed by atoms with van der Waals surface area (Å²) in [5.74, 6) is 0.686. The predicted molar refractivity (Wildman–Crippen MR) is 70.7 cm³/mol. The van der Waals surface area contributed by atoms with Crippen LogP contribution in [0.25, 0.3) is 0 Å². The second-order valence-corrected chi connectivity index (χ2v) is 6.14. The van der Waals surface area contributed by atoms with E-state index in [0.29, 0.717) is 12.0 Å². The minimum atomic E-state index is 0.361. The molecule has 1 aromatic heterocycles. The van der Waals surface area contributed by atoms with Crippen molar-refractivity contribution < 1.29 is 0 Å². The highest BCUT2D eigenvalue weighted by atomic mass is 32.1. The van der Waals surface area contributed by atoms with Crippen molar-refractivity contribution in [2.75, 3.05) is 13.1 Å². The van der Waals surface area contributed by atoms with Crippen LogP contribution in [0, 0.1) is 5.92 Å². The second kappa shape index (κ2) is 5.30. The van der Waals surface area contributed by atoms with Gasteiger partial charge in [-0.25, -0.2) is 0 Å². The van der Waals surface area contributed by atoms with Crippen LogP contribution in [0.5, 0.6) is 0 Å². The van der Waals surface area contributed by atoms with Gasteiger partial charge in [0.1, 0.15) is 0 Å². The van der Waals surface area contributed by atoms with Crippen LogP contribution in [-0.4, -0.2) is 24.0 Å². The van der Waals surface area contributed by atoms with E-state index in [1.54, 1.807) is 0 Å². The van der Waals surface area contributed by atoms with Gasteiger partial charge in [0.15, 0.2) is 0 Å². The molecule has 1 fully saturated rings. The van der Waals surface area contributed by atoms with E-state index in [-0.39, 0.29) is 0 Å². The van der Waals surface area contributed by atoms with Gasteiger partial charge in [-0.15, -0.1) is 11.3 Å². The molecule has 2 N–H and O–H groups in total. The molecule has 2 nitrogen and oxygen atoms in total. The lowest BCUT2D eigenvalue weighted by Gasteiger charge is -2.34. The van der Waals surface area contributed by atoms with Gasteiger partial charge in [-0.3, -0.25) is 4.90 Å². The Bertz CT molecular complexity index is 334. The maximum absolute atomic E-state index is 6.12. The van der Waals surface area contributed by atoms with E-state index < -0.39 is 0 Å². The molecule has 90 valence electrons. The van der Waals surface area contributed by atoms with Crippen LogP contribution in [0.4, 0.5) is 0 Å². The summed E-state index contributed by atoms with van der Waals surface area (Å²) in [5.41, 5.74) is 6.12. The first kappa shape index (κ1) is 12.1. The molecule has 2 atom stereocenters. The molecule has 0 aromatic carbocycles. The number of nitrogens with two attached hydrogens (primary N) is 1. The van der Waals surface area contributed by atoms with Gasteiger partial charge in [-0.1, -0.05) is 13.8 Å². The summed E-state index contributed by atoms with van der Waals surface area (Å²) in [7, 11) is 0. The third-order valence-electron chi connectivity index (χ3n) is 3.55. The van der Waals surface area contributed by atoms with E-state index >= 15 is 0 Å². The maximum atomic E-state index is 6.12. The fourth-order valence-electron chi connectivity index (χ4n) is 2.23. The van der Waals surface area contributed by atoms with Crippen molar-refractivity contribution >= 4 is 11.3 Å². The molecule has 0 bridgehead atoms. The molecule has 3 heteroatoms. The van der Waals surface area contributed by atoms with E-state index in [9.17, 15) is 0 Å². The Kier molecular flexibility index (Phi) is 4.00. The lowest BCUT2D eigenvalue weighted by molar-refractivity contribution is 0.163. The Morgan fingerprint density at radius 1 is 1.44 bits per heavy atom. The summed E-state index contributed by atoms with van der Waals surface area (Å²) in [6.07, 6.45) is 2.40. The van der Waals surface area contributed by atoms with E-state index in [1.807, 2.05) is 11.3 Å². The summed E-state index contributed by atoms with van der Waals surface area (Å²) in [5, 5.41) is 0. The number of aryl methyl sites for hydroxylation is 1. The van der Waals surface area contributed by atoms with Crippen molar-refractivity contribution in [1.29, 1.82) is 0 Å². The molecule has 16 heavy (non-hydrogen) atoms. The molecule has 0 amide bonds. The number of hydrogen-bond donors (Lipinski definition) is 1. The molecule has 2 unspecified atom stereocenters. The SMILES string of the molecule is CCc1ccc(CN2CCC(C)C(N)C2)s1. The summed E-state index contributed by atoms with van der Waals surface area (Å²) in [6.45, 7) is 7.83. The quantitative estimate of drug-likeness (QED) is 0.876. The van der Waals surface area contributed by atoms with Gasteiger partial charge in [-0.2, -0.15) is 0 Å². The van der Waals surface area contributed by atoms with Crippen molar-refractivity contribution in [3.05, 3.63) is 21.9 Å². The molecule has 1 aliphatic heterocycles. The van der Waals surface area contributed by atoms with Crippen LogP contribution in [-0.2, 0) is 13.0 Å². The summed E-state index contributed by atoms with van der Waals surface area (Å²) in [6, 6.07) is 4.89. The van der Waals surface area contributed by atoms with E-state index in [1.165, 1.54) is 22.7 Å². The summed E-state index contributed by atoms with van der Waals surface area (Å²) >= 11 is 1.95. The number of thiophene rings is 1. The number of hydrogen-bond acceptors (Lipinski definition) is 3. The lowest BCUT2D eigenvalue weighted by atomic mass is 9.94. The largest absolute Gasteiger partial charge is 0.326 e. The average molecular weight is 238 g/mol. The first-order valence-corrected chi connectivity index (χ1v) is 7.06. The lowest BCUT2D eigenvalue weighted by Crippen LogP contribution is -2.46. The Morgan fingerprint density at radius 3 is 2.81 bits per heavy atom. The highest BCUT2D eigenvalue weighted by molar-refractivity contribution is 7.11. The molecule has 0 spiro atoms. The average Bonchev–Trinajstić information content (AvgIpc) is 2.71. The van der Waals surface area contributed by atoms with Crippen molar-refractivity contribution in [1.82, 2.24) is 4.90 Å². The number of rotatable bonds is 3. The fourth-order valence-corrected chi connectivity index (χ4v) is 3.23. The fraction of sp³-hybridized carbons (Fsp3) is 0.692. The zero-order valence-corrected chi connectivity index (χ0v) is 11.1. The van der Waals surface area contributed by atoms with Gasteiger partial charge in [0.25, 0.3) is 0 Å². The van der Waals surface area contributed by atoms with Crippen LogP contribution in [0.2, 0.25) is 0 Å². The van der Waals surface area contributed by atoms with Gasteiger partial charge < -0.3 is 5.73 Å². The third-order valence-corrected chi connectivity index (χ3v) is 4.76. The number of nitrogens with zero attached hydrogens (tertiary/aromatic N) is 1. The van der Waals surface area contributed by atoms with Gasteiger partial charge in [0.2, 0.25) is 0 Å². The molecule has 2 rings (SSSR count). The Hall–Kier alpha value is -0.380. The number of likely N-dealkylation sites (tertiary alicyclic amines) is 1. The van der Waals surface area contributed by atoms with Crippen LogP contribution in [0.3, 0.4) is 0 Å². The van der Waals surface area contributed by atoms with E-state index in [0.717, 1.165) is 19.5 Å². The van der Waals surface area contributed by atoms with E-state index in [4.69, 9.17) is 5.73 Å². The maximum Gasteiger partial charge on any atom is 0.0328 e. The van der Waals surface area contributed by atoms with Crippen molar-refractivity contribution in [2.45, 2.75) is 39.3 Å². The molecule has 0 radical (unpaired) electrons. The van der Waals surface area contributed by atoms with Crippen LogP contribution in [0.1, 0.15) is 30.0 Å². The molecule has 1 saturated heterocycles. The molecule has 0 saturated carbocycles. The first-order chi connectivity index (χ1) is 7.69. The van der Waals surface area contributed by atoms with E-state index in [2.05, 4.69) is 30.9 Å². The summed E-state index contributed by atoms with van der Waals surface area (Å²) in [4.78, 5) is 5.47. The molecule has 0 aliphatic carbocycles. The number of piperidine rings is 1. The molecule has 2 heterocycles. The zero-order valence-electron chi connectivity index (χ0n) is 10.3. The van der Waals surface area contributed by atoms with Crippen molar-refractivity contribution in [3.8, 4) is 0 Å². The molecule has 1 aliphatic rings. The minimum Gasteiger partial charge on any atom is -0.326 e. The summed E-state index contributed by atoms with van der Waals surface area (Å²) < 4.78 is 0. The van der Waals surface area contributed by atoms with Gasteiger partial charge >= 0.3 is 0 Å². The van der Waals surface area contributed by atoms with Crippen molar-refractivity contribution in [2.24, 2.45) is 11.7 Å². The standard InChI is InChI=1S/C13H22N2S/c1-3-11-4-5-12(16-11)8-15-7-6-10(2)13(14)9-15/h4-5,10,13H,3,6-9,14H2,1-2H3. The van der Waals surface area contributed by atoms with Crippen LogP contribution < -0.4 is 5.73 Å². The third kappa shape index (κ3) is 2.84. The topological polar surface area (TPSA) is 29.3 Å². The Morgan fingerprint density at radius 2 is 2.19 bits per heavy atom. The van der Waals surface area contributed by atoms with Crippen LogP contribution >= 0.6 is 11.3 Å². The molecular formula is C13H22N2S. The monoisotopic (exact) mass is 238 g/mol. The predicted octanol–water partition coefficient (Wildman–Crippen LogP) is 2.48. The van der Waals surface area contributed by atoms with Gasteiger partial charge in [-0.05, 0) is 37.4 Å².